The van der Waals surface area contributed by atoms with E-state index < -0.39 is 0 Å². The van der Waals surface area contributed by atoms with Gasteiger partial charge in [-0.15, -0.1) is 0 Å². The predicted molar refractivity (Wildman–Crippen MR) is 82.2 cm³/mol. The third-order valence-corrected chi connectivity index (χ3v) is 4.13. The summed E-state index contributed by atoms with van der Waals surface area (Å²) < 4.78 is 2.01. The summed E-state index contributed by atoms with van der Waals surface area (Å²) in [5.41, 5.74) is 2.39. The summed E-state index contributed by atoms with van der Waals surface area (Å²) in [6.07, 6.45) is 9.22. The van der Waals surface area contributed by atoms with E-state index in [2.05, 4.69) is 20.3 Å². The fourth-order valence-corrected chi connectivity index (χ4v) is 2.91. The second-order valence-corrected chi connectivity index (χ2v) is 5.82. The SMILES string of the molecule is Cc1nccn1[C@H](C)CC(=O)NCc1ncc2c(n1)CCC2. The molecule has 3 rings (SSSR count). The average molecular weight is 299 g/mol. The first kappa shape index (κ1) is 14.7. The molecule has 1 N–H and O–H groups in total. The molecule has 0 unspecified atom stereocenters. The van der Waals surface area contributed by atoms with Crippen LogP contribution in [0.5, 0.6) is 0 Å². The van der Waals surface area contributed by atoms with Gasteiger partial charge in [0, 0.05) is 36.7 Å². The van der Waals surface area contributed by atoms with Gasteiger partial charge in [0.2, 0.25) is 5.91 Å². The van der Waals surface area contributed by atoms with Crippen LogP contribution >= 0.6 is 0 Å². The monoisotopic (exact) mass is 299 g/mol. The van der Waals surface area contributed by atoms with Crippen molar-refractivity contribution in [3.63, 3.8) is 0 Å². The number of hydrogen-bond donors (Lipinski definition) is 1. The molecule has 1 aliphatic rings. The zero-order valence-electron chi connectivity index (χ0n) is 13.0. The second kappa shape index (κ2) is 6.25. The molecule has 1 aliphatic carbocycles. The maximum atomic E-state index is 12.1. The smallest absolute Gasteiger partial charge is 0.222 e. The largest absolute Gasteiger partial charge is 0.349 e. The summed E-state index contributed by atoms with van der Waals surface area (Å²) in [7, 11) is 0. The molecule has 0 fully saturated rings. The van der Waals surface area contributed by atoms with Gasteiger partial charge < -0.3 is 9.88 Å². The Balaban J connectivity index is 1.53. The minimum absolute atomic E-state index is 0.00435. The van der Waals surface area contributed by atoms with Gasteiger partial charge in [0.15, 0.2) is 0 Å². The highest BCUT2D eigenvalue weighted by Gasteiger charge is 2.15. The minimum Gasteiger partial charge on any atom is -0.349 e. The fraction of sp³-hybridized carbons (Fsp3) is 0.500. The molecule has 1 atom stereocenters. The molecule has 2 aromatic rings. The Hall–Kier alpha value is -2.24. The van der Waals surface area contributed by atoms with Crippen molar-refractivity contribution in [1.82, 2.24) is 24.8 Å². The van der Waals surface area contributed by atoms with Crippen LogP contribution in [-0.2, 0) is 24.2 Å². The molecular formula is C16H21N5O. The van der Waals surface area contributed by atoms with Crippen molar-refractivity contribution in [2.45, 2.75) is 52.1 Å². The van der Waals surface area contributed by atoms with E-state index in [1.807, 2.05) is 30.8 Å². The molecule has 0 saturated heterocycles. The summed E-state index contributed by atoms with van der Waals surface area (Å²) in [4.78, 5) is 25.1. The van der Waals surface area contributed by atoms with E-state index in [1.165, 1.54) is 5.56 Å². The van der Waals surface area contributed by atoms with E-state index >= 15 is 0 Å². The molecule has 0 bridgehead atoms. The average Bonchev–Trinajstić information content (AvgIpc) is 3.12. The Labute approximate surface area is 130 Å². The molecule has 6 heteroatoms. The number of hydrogen-bond acceptors (Lipinski definition) is 4. The third kappa shape index (κ3) is 3.16. The number of carbonyl (C=O) groups is 1. The Morgan fingerprint density at radius 2 is 2.27 bits per heavy atom. The molecule has 0 aromatic carbocycles. The Kier molecular flexibility index (Phi) is 4.18. The fourth-order valence-electron chi connectivity index (χ4n) is 2.91. The molecule has 2 aromatic heterocycles. The summed E-state index contributed by atoms with van der Waals surface area (Å²) in [5, 5.41) is 2.90. The van der Waals surface area contributed by atoms with E-state index in [4.69, 9.17) is 0 Å². The van der Waals surface area contributed by atoms with E-state index in [0.29, 0.717) is 18.8 Å². The van der Waals surface area contributed by atoms with Crippen LogP contribution < -0.4 is 5.32 Å². The molecule has 6 nitrogen and oxygen atoms in total. The van der Waals surface area contributed by atoms with E-state index in [1.54, 1.807) is 6.20 Å². The molecule has 116 valence electrons. The van der Waals surface area contributed by atoms with Gasteiger partial charge in [-0.3, -0.25) is 4.79 Å². The standard InChI is InChI=1S/C16H21N5O/c1-11(21-7-6-17-12(21)2)8-16(22)19-10-15-18-9-13-4-3-5-14(13)20-15/h6-7,9,11H,3-5,8,10H2,1-2H3,(H,19,22)/t11-/m1/s1. The summed E-state index contributed by atoms with van der Waals surface area (Å²) in [6, 6.07) is 0.0865. The molecular weight excluding hydrogens is 278 g/mol. The summed E-state index contributed by atoms with van der Waals surface area (Å²) in [6.45, 7) is 4.34. The predicted octanol–water partition coefficient (Wildman–Crippen LogP) is 1.74. The number of rotatable bonds is 5. The number of carbonyl (C=O) groups excluding carboxylic acids is 1. The van der Waals surface area contributed by atoms with Crippen LogP contribution in [0.25, 0.3) is 0 Å². The molecule has 0 saturated carbocycles. The Bertz CT molecular complexity index is 679. The van der Waals surface area contributed by atoms with E-state index in [-0.39, 0.29) is 11.9 Å². The highest BCUT2D eigenvalue weighted by atomic mass is 16.1. The van der Waals surface area contributed by atoms with Crippen LogP contribution in [0.1, 0.15) is 48.7 Å². The van der Waals surface area contributed by atoms with Gasteiger partial charge in [0.1, 0.15) is 11.6 Å². The van der Waals surface area contributed by atoms with Crippen molar-refractivity contribution in [1.29, 1.82) is 0 Å². The highest BCUT2D eigenvalue weighted by molar-refractivity contribution is 5.76. The molecule has 2 heterocycles. The summed E-state index contributed by atoms with van der Waals surface area (Å²) in [5.74, 6) is 1.62. The maximum Gasteiger partial charge on any atom is 0.222 e. The number of nitrogens with zero attached hydrogens (tertiary/aromatic N) is 4. The van der Waals surface area contributed by atoms with Crippen molar-refractivity contribution in [2.75, 3.05) is 0 Å². The number of nitrogens with one attached hydrogen (secondary N) is 1. The maximum absolute atomic E-state index is 12.1. The lowest BCUT2D eigenvalue weighted by atomic mass is 10.2. The first-order valence-electron chi connectivity index (χ1n) is 7.73. The first-order chi connectivity index (χ1) is 10.6. The van der Waals surface area contributed by atoms with Crippen molar-refractivity contribution in [3.8, 4) is 0 Å². The lowest BCUT2D eigenvalue weighted by Crippen LogP contribution is -2.26. The van der Waals surface area contributed by atoms with E-state index in [9.17, 15) is 4.79 Å². The van der Waals surface area contributed by atoms with Crippen LogP contribution in [0.4, 0.5) is 0 Å². The number of aromatic nitrogens is 4. The zero-order chi connectivity index (χ0) is 15.5. The van der Waals surface area contributed by atoms with Crippen LogP contribution in [-0.4, -0.2) is 25.4 Å². The van der Waals surface area contributed by atoms with Crippen LogP contribution in [0.3, 0.4) is 0 Å². The first-order valence-corrected chi connectivity index (χ1v) is 7.73. The minimum atomic E-state index is 0.00435. The zero-order valence-corrected chi connectivity index (χ0v) is 13.0. The summed E-state index contributed by atoms with van der Waals surface area (Å²) >= 11 is 0. The lowest BCUT2D eigenvalue weighted by molar-refractivity contribution is -0.121. The molecule has 22 heavy (non-hydrogen) atoms. The van der Waals surface area contributed by atoms with Gasteiger partial charge in [-0.1, -0.05) is 0 Å². The van der Waals surface area contributed by atoms with Gasteiger partial charge in [-0.2, -0.15) is 0 Å². The van der Waals surface area contributed by atoms with E-state index in [0.717, 1.165) is 30.8 Å². The van der Waals surface area contributed by atoms with Gasteiger partial charge in [0.25, 0.3) is 0 Å². The Morgan fingerprint density at radius 3 is 3.05 bits per heavy atom. The highest BCUT2D eigenvalue weighted by Crippen LogP contribution is 2.18. The number of imidazole rings is 1. The molecule has 1 amide bonds. The van der Waals surface area contributed by atoms with Gasteiger partial charge in [-0.25, -0.2) is 15.0 Å². The topological polar surface area (TPSA) is 72.7 Å². The van der Waals surface area contributed by atoms with Crippen LogP contribution in [0.2, 0.25) is 0 Å². The van der Waals surface area contributed by atoms with Crippen molar-refractivity contribution >= 4 is 5.91 Å². The molecule has 0 aliphatic heterocycles. The van der Waals surface area contributed by atoms with Gasteiger partial charge >= 0.3 is 0 Å². The number of aryl methyl sites for hydroxylation is 3. The quantitative estimate of drug-likeness (QED) is 0.912. The molecule has 0 spiro atoms. The second-order valence-electron chi connectivity index (χ2n) is 5.82. The third-order valence-electron chi connectivity index (χ3n) is 4.13. The Morgan fingerprint density at radius 1 is 1.41 bits per heavy atom. The van der Waals surface area contributed by atoms with Crippen LogP contribution in [0.15, 0.2) is 18.6 Å². The van der Waals surface area contributed by atoms with Crippen molar-refractivity contribution in [2.24, 2.45) is 0 Å². The number of fused-ring (bicyclic) bond motifs is 1. The molecule has 0 radical (unpaired) electrons. The lowest BCUT2D eigenvalue weighted by Gasteiger charge is -2.14. The normalized spacial score (nSPS) is 14.6. The van der Waals surface area contributed by atoms with Crippen LogP contribution in [0, 0.1) is 6.92 Å². The number of amides is 1. The van der Waals surface area contributed by atoms with Gasteiger partial charge in [-0.05, 0) is 38.7 Å². The van der Waals surface area contributed by atoms with Gasteiger partial charge in [0.05, 0.1) is 6.54 Å². The van der Waals surface area contributed by atoms with Crippen molar-refractivity contribution < 1.29 is 4.79 Å². The van der Waals surface area contributed by atoms with Crippen molar-refractivity contribution in [3.05, 3.63) is 41.5 Å².